The molecule has 8 heteroatoms. The highest BCUT2D eigenvalue weighted by atomic mass is 32.2. The Balaban J connectivity index is 1.90. The first-order valence-corrected chi connectivity index (χ1v) is 7.69. The zero-order chi connectivity index (χ0) is 10.9. The fraction of sp³-hybridized carbons (Fsp3) is 0.857. The number of sulfone groups is 1. The van der Waals surface area contributed by atoms with E-state index in [9.17, 15) is 8.42 Å². The number of thioether (sulfide) groups is 1. The third-order valence-electron chi connectivity index (χ3n) is 2.04. The second-order valence-corrected chi connectivity index (χ2v) is 6.94. The van der Waals surface area contributed by atoms with Crippen molar-refractivity contribution in [1.29, 1.82) is 0 Å². The first kappa shape index (κ1) is 10.9. The summed E-state index contributed by atoms with van der Waals surface area (Å²) in [4.78, 5) is 0. The van der Waals surface area contributed by atoms with Crippen molar-refractivity contribution in [3.63, 3.8) is 0 Å². The van der Waals surface area contributed by atoms with Gasteiger partial charge in [0.15, 0.2) is 0 Å². The summed E-state index contributed by atoms with van der Waals surface area (Å²) in [6.45, 7) is 0. The molecule has 1 aliphatic rings. The number of aromatic nitrogens is 4. The first-order valence-electron chi connectivity index (χ1n) is 4.64. The van der Waals surface area contributed by atoms with E-state index in [-0.39, 0.29) is 5.75 Å². The molecule has 1 aromatic heterocycles. The maximum atomic E-state index is 10.9. The second kappa shape index (κ2) is 4.09. The molecule has 1 saturated carbocycles. The van der Waals surface area contributed by atoms with Gasteiger partial charge in [-0.3, -0.25) is 0 Å². The molecule has 0 bridgehead atoms. The van der Waals surface area contributed by atoms with Crippen molar-refractivity contribution >= 4 is 21.6 Å². The molecule has 1 fully saturated rings. The van der Waals surface area contributed by atoms with E-state index in [0.717, 1.165) is 18.0 Å². The van der Waals surface area contributed by atoms with Gasteiger partial charge in [-0.05, 0) is 23.3 Å². The van der Waals surface area contributed by atoms with Crippen molar-refractivity contribution < 1.29 is 8.42 Å². The van der Waals surface area contributed by atoms with Crippen LogP contribution in [0.15, 0.2) is 5.16 Å². The SMILES string of the molecule is CS(=O)(=O)CCSc1nnnn1C1CC1. The molecule has 0 atom stereocenters. The highest BCUT2D eigenvalue weighted by Crippen LogP contribution is 2.36. The topological polar surface area (TPSA) is 77.7 Å². The van der Waals surface area contributed by atoms with Gasteiger partial charge in [-0.1, -0.05) is 11.8 Å². The molecule has 2 rings (SSSR count). The number of hydrogen-bond donors (Lipinski definition) is 0. The van der Waals surface area contributed by atoms with E-state index in [2.05, 4.69) is 15.5 Å². The molecule has 0 amide bonds. The lowest BCUT2D eigenvalue weighted by molar-refractivity contribution is 0.565. The normalized spacial score (nSPS) is 16.9. The molecule has 0 N–H and O–H groups in total. The Hall–Kier alpha value is -0.630. The highest BCUT2D eigenvalue weighted by molar-refractivity contribution is 8.00. The van der Waals surface area contributed by atoms with Crippen LogP contribution in [0.1, 0.15) is 18.9 Å². The van der Waals surface area contributed by atoms with Gasteiger partial charge in [0, 0.05) is 12.0 Å². The van der Waals surface area contributed by atoms with Crippen molar-refractivity contribution in [2.24, 2.45) is 0 Å². The van der Waals surface area contributed by atoms with Gasteiger partial charge < -0.3 is 0 Å². The van der Waals surface area contributed by atoms with Crippen molar-refractivity contribution in [2.45, 2.75) is 24.0 Å². The van der Waals surface area contributed by atoms with Crippen LogP contribution < -0.4 is 0 Å². The van der Waals surface area contributed by atoms with Gasteiger partial charge in [-0.25, -0.2) is 13.1 Å². The fourth-order valence-electron chi connectivity index (χ4n) is 1.11. The maximum absolute atomic E-state index is 10.9. The molecule has 1 aromatic rings. The fourth-order valence-corrected chi connectivity index (χ4v) is 3.25. The van der Waals surface area contributed by atoms with Gasteiger partial charge in [0.05, 0.1) is 11.8 Å². The maximum Gasteiger partial charge on any atom is 0.209 e. The van der Waals surface area contributed by atoms with E-state index in [1.807, 2.05) is 0 Å². The molecule has 1 aliphatic carbocycles. The average Bonchev–Trinajstić information content (AvgIpc) is 2.86. The zero-order valence-electron chi connectivity index (χ0n) is 8.33. The van der Waals surface area contributed by atoms with Crippen molar-refractivity contribution in [2.75, 3.05) is 17.8 Å². The molecule has 0 unspecified atom stereocenters. The Morgan fingerprint density at radius 2 is 2.27 bits per heavy atom. The predicted molar refractivity (Wildman–Crippen MR) is 56.5 cm³/mol. The highest BCUT2D eigenvalue weighted by Gasteiger charge is 2.27. The van der Waals surface area contributed by atoms with E-state index < -0.39 is 9.84 Å². The largest absolute Gasteiger partial charge is 0.229 e. The van der Waals surface area contributed by atoms with Crippen LogP contribution in [0.3, 0.4) is 0 Å². The third-order valence-corrected chi connectivity index (χ3v) is 4.18. The molecule has 84 valence electrons. The molecule has 0 spiro atoms. The van der Waals surface area contributed by atoms with E-state index >= 15 is 0 Å². The van der Waals surface area contributed by atoms with Gasteiger partial charge >= 0.3 is 0 Å². The number of tetrazole rings is 1. The number of hydrogen-bond acceptors (Lipinski definition) is 6. The summed E-state index contributed by atoms with van der Waals surface area (Å²) in [7, 11) is -2.89. The van der Waals surface area contributed by atoms with Crippen molar-refractivity contribution in [3.05, 3.63) is 0 Å². The Morgan fingerprint density at radius 3 is 2.87 bits per heavy atom. The lowest BCUT2D eigenvalue weighted by atomic mass is 10.7. The van der Waals surface area contributed by atoms with Crippen LogP contribution in [0.4, 0.5) is 0 Å². The minimum Gasteiger partial charge on any atom is -0.229 e. The van der Waals surface area contributed by atoms with Crippen LogP contribution in [0.25, 0.3) is 0 Å². The molecular formula is C7H12N4O2S2. The standard InChI is InChI=1S/C7H12N4O2S2/c1-15(12,13)5-4-14-7-8-9-10-11(7)6-2-3-6/h6H,2-5H2,1H3. The number of nitrogens with zero attached hydrogens (tertiary/aromatic N) is 4. The van der Waals surface area contributed by atoms with Crippen LogP contribution in [-0.2, 0) is 9.84 Å². The molecule has 6 nitrogen and oxygen atoms in total. The summed E-state index contributed by atoms with van der Waals surface area (Å²) < 4.78 is 23.6. The van der Waals surface area contributed by atoms with Gasteiger partial charge in [0.25, 0.3) is 0 Å². The quantitative estimate of drug-likeness (QED) is 0.690. The Labute approximate surface area is 92.3 Å². The summed E-state index contributed by atoms with van der Waals surface area (Å²) in [6, 6.07) is 0.431. The minimum absolute atomic E-state index is 0.162. The lowest BCUT2D eigenvalue weighted by Crippen LogP contribution is -2.06. The molecular weight excluding hydrogens is 236 g/mol. The van der Waals surface area contributed by atoms with Crippen LogP contribution >= 0.6 is 11.8 Å². The van der Waals surface area contributed by atoms with Crippen LogP contribution in [0.5, 0.6) is 0 Å². The van der Waals surface area contributed by atoms with Gasteiger partial charge in [-0.2, -0.15) is 0 Å². The molecule has 0 aliphatic heterocycles. The summed E-state index contributed by atoms with van der Waals surface area (Å²) in [5.41, 5.74) is 0. The van der Waals surface area contributed by atoms with E-state index in [4.69, 9.17) is 0 Å². The van der Waals surface area contributed by atoms with Crippen LogP contribution in [-0.4, -0.2) is 46.4 Å². The third kappa shape index (κ3) is 3.16. The van der Waals surface area contributed by atoms with Crippen molar-refractivity contribution in [3.8, 4) is 0 Å². The summed E-state index contributed by atoms with van der Waals surface area (Å²) in [5.74, 6) is 0.668. The average molecular weight is 248 g/mol. The van der Waals surface area contributed by atoms with Crippen LogP contribution in [0, 0.1) is 0 Å². The monoisotopic (exact) mass is 248 g/mol. The van der Waals surface area contributed by atoms with E-state index in [1.54, 1.807) is 4.68 Å². The molecule has 0 saturated heterocycles. The van der Waals surface area contributed by atoms with Crippen LogP contribution in [0.2, 0.25) is 0 Å². The Bertz CT molecular complexity index is 438. The lowest BCUT2D eigenvalue weighted by Gasteiger charge is -2.00. The zero-order valence-corrected chi connectivity index (χ0v) is 9.96. The predicted octanol–water partition coefficient (Wildman–Crippen LogP) is 0.145. The van der Waals surface area contributed by atoms with E-state index in [0.29, 0.717) is 11.8 Å². The van der Waals surface area contributed by atoms with Gasteiger partial charge in [-0.15, -0.1) is 5.10 Å². The summed E-state index contributed by atoms with van der Waals surface area (Å²) in [6.07, 6.45) is 3.47. The Morgan fingerprint density at radius 1 is 1.53 bits per heavy atom. The second-order valence-electron chi connectivity index (χ2n) is 3.62. The summed E-state index contributed by atoms with van der Waals surface area (Å²) >= 11 is 1.40. The van der Waals surface area contributed by atoms with Gasteiger partial charge in [0.2, 0.25) is 5.16 Å². The van der Waals surface area contributed by atoms with Gasteiger partial charge in [0.1, 0.15) is 9.84 Å². The smallest absolute Gasteiger partial charge is 0.209 e. The molecule has 0 radical (unpaired) electrons. The molecule has 0 aromatic carbocycles. The summed E-state index contributed by atoms with van der Waals surface area (Å²) in [5, 5.41) is 12.1. The Kier molecular flexibility index (Phi) is 2.96. The molecule has 1 heterocycles. The molecule has 15 heavy (non-hydrogen) atoms. The minimum atomic E-state index is -2.89. The first-order chi connectivity index (χ1) is 7.06. The van der Waals surface area contributed by atoms with E-state index in [1.165, 1.54) is 18.0 Å². The van der Waals surface area contributed by atoms with Crippen molar-refractivity contribution in [1.82, 2.24) is 20.2 Å². The number of rotatable bonds is 5.